The van der Waals surface area contributed by atoms with Crippen LogP contribution in [0.3, 0.4) is 0 Å². The number of carbonyl (C=O) groups excluding carboxylic acids is 2. The second-order valence-corrected chi connectivity index (χ2v) is 6.98. The van der Waals surface area contributed by atoms with E-state index in [1.54, 1.807) is 6.92 Å². The number of nitrogens with one attached hydrogen (secondary N) is 1. The smallest absolute Gasteiger partial charge is 0.319 e. The maximum Gasteiger partial charge on any atom is 0.319 e. The Labute approximate surface area is 141 Å². The fraction of sp³-hybridized carbons (Fsp3) is 0.529. The number of aryl methyl sites for hydroxylation is 1. The van der Waals surface area contributed by atoms with Gasteiger partial charge in [-0.2, -0.15) is 0 Å². The van der Waals surface area contributed by atoms with Gasteiger partial charge in [0.2, 0.25) is 0 Å². The van der Waals surface area contributed by atoms with E-state index in [1.807, 2.05) is 38.1 Å². The van der Waals surface area contributed by atoms with Gasteiger partial charge in [-0.15, -0.1) is 11.8 Å². The molecule has 2 rings (SSSR count). The number of esters is 1. The molecule has 6 heteroatoms. The molecule has 1 heterocycles. The van der Waals surface area contributed by atoms with Crippen LogP contribution in [0.4, 0.5) is 0 Å². The molecule has 0 saturated carbocycles. The predicted octanol–water partition coefficient (Wildman–Crippen LogP) is 2.52. The summed E-state index contributed by atoms with van der Waals surface area (Å²) >= 11 is 1.46. The van der Waals surface area contributed by atoms with Crippen LogP contribution in [0.1, 0.15) is 25.8 Å². The quantitative estimate of drug-likeness (QED) is 0.808. The maximum absolute atomic E-state index is 12.0. The molecule has 1 aromatic rings. The molecule has 126 valence electrons. The fourth-order valence-electron chi connectivity index (χ4n) is 2.52. The Hall–Kier alpha value is -1.69. The molecule has 1 aromatic carbocycles. The van der Waals surface area contributed by atoms with Crippen molar-refractivity contribution in [2.75, 3.05) is 13.2 Å². The van der Waals surface area contributed by atoms with Crippen molar-refractivity contribution in [3.63, 3.8) is 0 Å². The minimum absolute atomic E-state index is 0.0274. The maximum atomic E-state index is 12.0. The summed E-state index contributed by atoms with van der Waals surface area (Å²) < 4.78 is 10.6. The summed E-state index contributed by atoms with van der Waals surface area (Å²) in [5.74, 6) is 0.515. The number of benzene rings is 1. The van der Waals surface area contributed by atoms with E-state index in [9.17, 15) is 9.59 Å². The molecule has 0 aliphatic carbocycles. The van der Waals surface area contributed by atoms with Crippen LogP contribution in [0.15, 0.2) is 24.3 Å². The molecule has 3 unspecified atom stereocenters. The first-order valence-corrected chi connectivity index (χ1v) is 8.75. The average molecular weight is 337 g/mol. The molecule has 5 nitrogen and oxygen atoms in total. The SMILES string of the molecule is CCOC(=O)C1SC(NC(=O)COc2ccccc2C)CC1C. The molecule has 0 radical (unpaired) electrons. The third-order valence-corrected chi connectivity index (χ3v) is 5.30. The van der Waals surface area contributed by atoms with E-state index < -0.39 is 0 Å². The number of hydrogen-bond donors (Lipinski definition) is 1. The van der Waals surface area contributed by atoms with Gasteiger partial charge >= 0.3 is 5.97 Å². The number of carbonyl (C=O) groups is 2. The highest BCUT2D eigenvalue weighted by atomic mass is 32.2. The molecule has 1 amide bonds. The lowest BCUT2D eigenvalue weighted by atomic mass is 10.0. The molecule has 0 aromatic heterocycles. The summed E-state index contributed by atoms with van der Waals surface area (Å²) in [7, 11) is 0. The zero-order valence-electron chi connectivity index (χ0n) is 13.7. The molecule has 1 saturated heterocycles. The highest BCUT2D eigenvalue weighted by molar-refractivity contribution is 8.01. The second-order valence-electron chi connectivity index (χ2n) is 5.63. The molecular formula is C17H23NO4S. The van der Waals surface area contributed by atoms with Crippen molar-refractivity contribution in [2.24, 2.45) is 5.92 Å². The third-order valence-electron chi connectivity index (χ3n) is 3.71. The van der Waals surface area contributed by atoms with Crippen molar-refractivity contribution in [2.45, 2.75) is 37.8 Å². The van der Waals surface area contributed by atoms with Gasteiger partial charge in [0.05, 0.1) is 12.0 Å². The van der Waals surface area contributed by atoms with Crippen molar-refractivity contribution >= 4 is 23.6 Å². The van der Waals surface area contributed by atoms with Crippen molar-refractivity contribution in [1.82, 2.24) is 5.32 Å². The number of amides is 1. The molecular weight excluding hydrogens is 314 g/mol. The summed E-state index contributed by atoms with van der Waals surface area (Å²) in [6.45, 7) is 6.09. The number of para-hydroxylation sites is 1. The lowest BCUT2D eigenvalue weighted by Crippen LogP contribution is -2.35. The third kappa shape index (κ3) is 4.89. The average Bonchev–Trinajstić information content (AvgIpc) is 2.87. The monoisotopic (exact) mass is 337 g/mol. The van der Waals surface area contributed by atoms with Gasteiger partial charge in [0, 0.05) is 0 Å². The fourth-order valence-corrected chi connectivity index (χ4v) is 4.04. The Kier molecular flexibility index (Phi) is 6.33. The van der Waals surface area contributed by atoms with Gasteiger partial charge in [-0.05, 0) is 37.8 Å². The van der Waals surface area contributed by atoms with E-state index in [-0.39, 0.29) is 35.0 Å². The molecule has 23 heavy (non-hydrogen) atoms. The molecule has 1 N–H and O–H groups in total. The number of hydrogen-bond acceptors (Lipinski definition) is 5. The first kappa shape index (κ1) is 17.7. The summed E-state index contributed by atoms with van der Waals surface area (Å²) in [6, 6.07) is 7.57. The Morgan fingerprint density at radius 1 is 1.35 bits per heavy atom. The van der Waals surface area contributed by atoms with E-state index >= 15 is 0 Å². The van der Waals surface area contributed by atoms with Crippen LogP contribution in [0.2, 0.25) is 0 Å². The van der Waals surface area contributed by atoms with Gasteiger partial charge in [-0.3, -0.25) is 9.59 Å². The zero-order chi connectivity index (χ0) is 16.8. The Balaban J connectivity index is 1.80. The molecule has 1 aliphatic heterocycles. The number of ether oxygens (including phenoxy) is 2. The normalized spacial score (nSPS) is 23.3. The van der Waals surface area contributed by atoms with Gasteiger partial charge in [-0.25, -0.2) is 0 Å². The first-order valence-electron chi connectivity index (χ1n) is 7.81. The van der Waals surface area contributed by atoms with Crippen molar-refractivity contribution in [3.8, 4) is 5.75 Å². The summed E-state index contributed by atoms with van der Waals surface area (Å²) in [5.41, 5.74) is 0.992. The number of thioether (sulfide) groups is 1. The molecule has 1 fully saturated rings. The lowest BCUT2D eigenvalue weighted by molar-refractivity contribution is -0.143. The minimum Gasteiger partial charge on any atom is -0.484 e. The zero-order valence-corrected chi connectivity index (χ0v) is 14.5. The molecule has 0 spiro atoms. The van der Waals surface area contributed by atoms with Gasteiger partial charge in [0.25, 0.3) is 5.91 Å². The molecule has 3 atom stereocenters. The van der Waals surface area contributed by atoms with Gasteiger partial charge in [0.15, 0.2) is 6.61 Å². The van der Waals surface area contributed by atoms with Gasteiger partial charge in [0.1, 0.15) is 11.0 Å². The van der Waals surface area contributed by atoms with Crippen LogP contribution in [0.5, 0.6) is 5.75 Å². The minimum atomic E-state index is -0.211. The Bertz CT molecular complexity index is 563. The van der Waals surface area contributed by atoms with E-state index in [4.69, 9.17) is 9.47 Å². The van der Waals surface area contributed by atoms with Crippen LogP contribution < -0.4 is 10.1 Å². The summed E-state index contributed by atoms with van der Waals surface area (Å²) in [5, 5.41) is 2.63. The largest absolute Gasteiger partial charge is 0.484 e. The van der Waals surface area contributed by atoms with Gasteiger partial charge < -0.3 is 14.8 Å². The van der Waals surface area contributed by atoms with Crippen LogP contribution >= 0.6 is 11.8 Å². The van der Waals surface area contributed by atoms with E-state index in [0.29, 0.717) is 12.4 Å². The highest BCUT2D eigenvalue weighted by Crippen LogP contribution is 2.37. The molecule has 1 aliphatic rings. The number of rotatable bonds is 6. The van der Waals surface area contributed by atoms with E-state index in [1.165, 1.54) is 11.8 Å². The van der Waals surface area contributed by atoms with Crippen LogP contribution in [-0.2, 0) is 14.3 Å². The van der Waals surface area contributed by atoms with Crippen molar-refractivity contribution in [1.29, 1.82) is 0 Å². The van der Waals surface area contributed by atoms with Crippen molar-refractivity contribution in [3.05, 3.63) is 29.8 Å². The van der Waals surface area contributed by atoms with Gasteiger partial charge in [-0.1, -0.05) is 25.1 Å². The Morgan fingerprint density at radius 2 is 2.09 bits per heavy atom. The van der Waals surface area contributed by atoms with E-state index in [2.05, 4.69) is 5.32 Å². The van der Waals surface area contributed by atoms with Crippen LogP contribution in [-0.4, -0.2) is 35.7 Å². The highest BCUT2D eigenvalue weighted by Gasteiger charge is 2.38. The van der Waals surface area contributed by atoms with Crippen LogP contribution in [0.25, 0.3) is 0 Å². The van der Waals surface area contributed by atoms with Crippen LogP contribution in [0, 0.1) is 12.8 Å². The predicted molar refractivity (Wildman–Crippen MR) is 90.4 cm³/mol. The first-order chi connectivity index (χ1) is 11.0. The standard InChI is InChI=1S/C17H23NO4S/c1-4-21-17(20)16-12(3)9-15(23-16)18-14(19)10-22-13-8-6-5-7-11(13)2/h5-8,12,15-16H,4,9-10H2,1-3H3,(H,18,19). The Morgan fingerprint density at radius 3 is 2.78 bits per heavy atom. The van der Waals surface area contributed by atoms with E-state index in [0.717, 1.165) is 12.0 Å². The summed E-state index contributed by atoms with van der Waals surface area (Å²) in [4.78, 5) is 23.9. The lowest BCUT2D eigenvalue weighted by Gasteiger charge is -2.14. The van der Waals surface area contributed by atoms with Crippen molar-refractivity contribution < 1.29 is 19.1 Å². The molecule has 0 bridgehead atoms. The second kappa shape index (κ2) is 8.24. The topological polar surface area (TPSA) is 64.6 Å². The summed E-state index contributed by atoms with van der Waals surface area (Å²) in [6.07, 6.45) is 0.754.